The summed E-state index contributed by atoms with van der Waals surface area (Å²) >= 11 is 0. The van der Waals surface area contributed by atoms with Crippen LogP contribution in [0.5, 0.6) is 0 Å². The van der Waals surface area contributed by atoms with E-state index >= 15 is 0 Å². The lowest BCUT2D eigenvalue weighted by molar-refractivity contribution is 0.102. The topological polar surface area (TPSA) is 70.2 Å². The minimum Gasteiger partial charge on any atom is -0.367 e. The lowest BCUT2D eigenvalue weighted by Gasteiger charge is -2.11. The van der Waals surface area contributed by atoms with Gasteiger partial charge in [0, 0.05) is 18.8 Å². The van der Waals surface area contributed by atoms with E-state index in [0.717, 1.165) is 30.8 Å². The van der Waals surface area contributed by atoms with E-state index in [1.165, 1.54) is 0 Å². The largest absolute Gasteiger partial charge is 0.367 e. The molecule has 0 atom stereocenters. The fraction of sp³-hybridized carbons (Fsp3) is 0.353. The molecule has 2 rings (SSSR count). The number of hydrogen-bond acceptors (Lipinski definition) is 5. The number of rotatable bonds is 7. The number of aromatic nitrogens is 2. The second-order valence-electron chi connectivity index (χ2n) is 5.50. The van der Waals surface area contributed by atoms with E-state index in [-0.39, 0.29) is 5.91 Å². The Kier molecular flexibility index (Phi) is 6.05. The first-order chi connectivity index (χ1) is 11.1. The maximum atomic E-state index is 12.3. The van der Waals surface area contributed by atoms with Gasteiger partial charge in [-0.15, -0.1) is 10.2 Å². The molecule has 0 bridgehead atoms. The molecule has 23 heavy (non-hydrogen) atoms. The third-order valence-electron chi connectivity index (χ3n) is 3.41. The van der Waals surface area contributed by atoms with Crippen LogP contribution in [0.4, 0.5) is 11.5 Å². The maximum absolute atomic E-state index is 12.3. The second-order valence-corrected chi connectivity index (χ2v) is 5.50. The van der Waals surface area contributed by atoms with Crippen LogP contribution in [0.25, 0.3) is 0 Å². The van der Waals surface area contributed by atoms with Gasteiger partial charge in [-0.25, -0.2) is 0 Å². The first kappa shape index (κ1) is 16.9. The molecule has 0 spiro atoms. The van der Waals surface area contributed by atoms with Crippen LogP contribution in [-0.4, -0.2) is 48.2 Å². The Morgan fingerprint density at radius 2 is 1.91 bits per heavy atom. The number of amides is 1. The summed E-state index contributed by atoms with van der Waals surface area (Å²) in [6, 6.07) is 11.2. The van der Waals surface area contributed by atoms with Crippen molar-refractivity contribution in [3.05, 3.63) is 47.7 Å². The standard InChI is InChI=1S/C17H23N5O/c1-4-13-7-5-6-8-14(13)19-17(23)15-9-10-16(21-20-15)18-11-12-22(2)3/h5-10H,4,11-12H2,1-3H3,(H,18,21)(H,19,23). The van der Waals surface area contributed by atoms with Crippen molar-refractivity contribution in [2.75, 3.05) is 37.8 Å². The summed E-state index contributed by atoms with van der Waals surface area (Å²) in [5, 5.41) is 14.1. The Bertz CT molecular complexity index is 640. The summed E-state index contributed by atoms with van der Waals surface area (Å²) in [7, 11) is 4.02. The van der Waals surface area contributed by atoms with Gasteiger partial charge < -0.3 is 15.5 Å². The Balaban J connectivity index is 1.97. The number of anilines is 2. The quantitative estimate of drug-likeness (QED) is 0.820. The molecule has 1 aromatic carbocycles. The monoisotopic (exact) mass is 313 g/mol. The van der Waals surface area contributed by atoms with Crippen LogP contribution in [-0.2, 0) is 6.42 Å². The molecule has 2 aromatic rings. The van der Waals surface area contributed by atoms with Gasteiger partial charge in [0.05, 0.1) is 0 Å². The lowest BCUT2D eigenvalue weighted by atomic mass is 10.1. The molecule has 1 heterocycles. The Labute approximate surface area is 136 Å². The van der Waals surface area contributed by atoms with E-state index < -0.39 is 0 Å². The average molecular weight is 313 g/mol. The first-order valence-electron chi connectivity index (χ1n) is 7.71. The predicted octanol–water partition coefficient (Wildman–Crippen LogP) is 2.26. The fourth-order valence-corrected chi connectivity index (χ4v) is 2.09. The van der Waals surface area contributed by atoms with E-state index in [0.29, 0.717) is 11.5 Å². The van der Waals surface area contributed by atoms with Gasteiger partial charge in [0.25, 0.3) is 5.91 Å². The molecule has 0 aliphatic carbocycles. The van der Waals surface area contributed by atoms with Gasteiger partial charge >= 0.3 is 0 Å². The highest BCUT2D eigenvalue weighted by atomic mass is 16.1. The molecule has 0 saturated heterocycles. The van der Waals surface area contributed by atoms with Crippen molar-refractivity contribution in [1.82, 2.24) is 15.1 Å². The molecule has 0 aliphatic rings. The van der Waals surface area contributed by atoms with Gasteiger partial charge in [-0.1, -0.05) is 25.1 Å². The summed E-state index contributed by atoms with van der Waals surface area (Å²) < 4.78 is 0. The van der Waals surface area contributed by atoms with Gasteiger partial charge in [0.1, 0.15) is 5.82 Å². The van der Waals surface area contributed by atoms with Gasteiger partial charge in [-0.3, -0.25) is 4.79 Å². The summed E-state index contributed by atoms with van der Waals surface area (Å²) in [4.78, 5) is 14.3. The molecular weight excluding hydrogens is 290 g/mol. The zero-order valence-electron chi connectivity index (χ0n) is 13.8. The molecule has 0 unspecified atom stereocenters. The summed E-state index contributed by atoms with van der Waals surface area (Å²) in [5.74, 6) is 0.413. The van der Waals surface area contributed by atoms with Crippen LogP contribution >= 0.6 is 0 Å². The Morgan fingerprint density at radius 1 is 1.13 bits per heavy atom. The molecular formula is C17H23N5O. The van der Waals surface area contributed by atoms with Crippen LogP contribution in [0.1, 0.15) is 23.0 Å². The fourth-order valence-electron chi connectivity index (χ4n) is 2.09. The smallest absolute Gasteiger partial charge is 0.276 e. The summed E-state index contributed by atoms with van der Waals surface area (Å²) in [6.07, 6.45) is 0.858. The predicted molar refractivity (Wildman–Crippen MR) is 92.8 cm³/mol. The zero-order valence-corrected chi connectivity index (χ0v) is 13.8. The molecule has 6 nitrogen and oxygen atoms in total. The highest BCUT2D eigenvalue weighted by Gasteiger charge is 2.10. The number of para-hydroxylation sites is 1. The van der Waals surface area contributed by atoms with Crippen molar-refractivity contribution in [1.29, 1.82) is 0 Å². The van der Waals surface area contributed by atoms with Crippen LogP contribution in [0.3, 0.4) is 0 Å². The third-order valence-corrected chi connectivity index (χ3v) is 3.41. The highest BCUT2D eigenvalue weighted by Crippen LogP contribution is 2.16. The molecule has 1 aromatic heterocycles. The number of carbonyl (C=O) groups is 1. The zero-order chi connectivity index (χ0) is 16.7. The van der Waals surface area contributed by atoms with E-state index in [9.17, 15) is 4.79 Å². The third kappa shape index (κ3) is 5.03. The van der Waals surface area contributed by atoms with Crippen molar-refractivity contribution < 1.29 is 4.79 Å². The summed E-state index contributed by atoms with van der Waals surface area (Å²) in [6.45, 7) is 3.73. The van der Waals surface area contributed by atoms with Crippen molar-refractivity contribution in [3.63, 3.8) is 0 Å². The molecule has 1 amide bonds. The molecule has 6 heteroatoms. The summed E-state index contributed by atoms with van der Waals surface area (Å²) in [5.41, 5.74) is 2.21. The van der Waals surface area contributed by atoms with Crippen LogP contribution in [0.2, 0.25) is 0 Å². The van der Waals surface area contributed by atoms with E-state index in [2.05, 4.69) is 32.7 Å². The first-order valence-corrected chi connectivity index (χ1v) is 7.71. The van der Waals surface area contributed by atoms with Crippen LogP contribution < -0.4 is 10.6 Å². The average Bonchev–Trinajstić information content (AvgIpc) is 2.55. The van der Waals surface area contributed by atoms with Crippen molar-refractivity contribution in [2.24, 2.45) is 0 Å². The Hall–Kier alpha value is -2.47. The lowest BCUT2D eigenvalue weighted by Crippen LogP contribution is -2.21. The van der Waals surface area contributed by atoms with Gasteiger partial charge in [-0.2, -0.15) is 0 Å². The van der Waals surface area contributed by atoms with Gasteiger partial charge in [-0.05, 0) is 44.3 Å². The molecule has 0 fully saturated rings. The van der Waals surface area contributed by atoms with Crippen LogP contribution in [0.15, 0.2) is 36.4 Å². The number of carbonyl (C=O) groups excluding carboxylic acids is 1. The van der Waals surface area contributed by atoms with Crippen LogP contribution in [0, 0.1) is 0 Å². The van der Waals surface area contributed by atoms with E-state index in [1.807, 2.05) is 38.4 Å². The van der Waals surface area contributed by atoms with Crippen molar-refractivity contribution in [2.45, 2.75) is 13.3 Å². The van der Waals surface area contributed by atoms with E-state index in [1.54, 1.807) is 12.1 Å². The number of nitrogens with one attached hydrogen (secondary N) is 2. The number of benzene rings is 1. The number of likely N-dealkylation sites (N-methyl/N-ethyl adjacent to an activating group) is 1. The number of hydrogen-bond donors (Lipinski definition) is 2. The molecule has 0 saturated carbocycles. The molecule has 2 N–H and O–H groups in total. The maximum Gasteiger partial charge on any atom is 0.276 e. The normalized spacial score (nSPS) is 10.6. The van der Waals surface area contributed by atoms with Gasteiger partial charge in [0.2, 0.25) is 0 Å². The minimum absolute atomic E-state index is 0.252. The van der Waals surface area contributed by atoms with Crippen molar-refractivity contribution in [3.8, 4) is 0 Å². The number of aryl methyl sites for hydroxylation is 1. The van der Waals surface area contributed by atoms with E-state index in [4.69, 9.17) is 0 Å². The SMILES string of the molecule is CCc1ccccc1NC(=O)c1ccc(NCCN(C)C)nn1. The minimum atomic E-state index is -0.252. The molecule has 0 aliphatic heterocycles. The second kappa shape index (κ2) is 8.24. The Morgan fingerprint density at radius 3 is 2.57 bits per heavy atom. The number of nitrogens with zero attached hydrogens (tertiary/aromatic N) is 3. The van der Waals surface area contributed by atoms with Crippen molar-refractivity contribution >= 4 is 17.4 Å². The molecule has 122 valence electrons. The molecule has 0 radical (unpaired) electrons. The highest BCUT2D eigenvalue weighted by molar-refractivity contribution is 6.03. The van der Waals surface area contributed by atoms with Gasteiger partial charge in [0.15, 0.2) is 5.69 Å².